The first-order valence-corrected chi connectivity index (χ1v) is 10.4. The van der Waals surface area contributed by atoms with E-state index in [0.29, 0.717) is 6.61 Å². The smallest absolute Gasteiger partial charge is 0.261 e. The summed E-state index contributed by atoms with van der Waals surface area (Å²) in [5, 5.41) is 2.65. The molecule has 0 saturated heterocycles. The Labute approximate surface area is 147 Å². The zero-order chi connectivity index (χ0) is 17.6. The van der Waals surface area contributed by atoms with Gasteiger partial charge in [0.05, 0.1) is 6.61 Å². The summed E-state index contributed by atoms with van der Waals surface area (Å²) in [4.78, 5) is 0. The third-order valence-corrected chi connectivity index (χ3v) is 9.45. The van der Waals surface area contributed by atoms with E-state index in [9.17, 15) is 0 Å². The van der Waals surface area contributed by atoms with Crippen molar-refractivity contribution in [1.29, 1.82) is 0 Å². The second-order valence-corrected chi connectivity index (χ2v) is 11.4. The van der Waals surface area contributed by atoms with Crippen molar-refractivity contribution in [2.75, 3.05) is 6.61 Å². The summed E-state index contributed by atoms with van der Waals surface area (Å²) in [6.45, 7) is 13.4. The fourth-order valence-electron chi connectivity index (χ4n) is 3.14. The van der Waals surface area contributed by atoms with Crippen LogP contribution in [-0.4, -0.2) is 14.9 Å². The van der Waals surface area contributed by atoms with E-state index in [-0.39, 0.29) is 5.04 Å². The molecule has 0 amide bonds. The Morgan fingerprint density at radius 3 is 1.79 bits per heavy atom. The molecular weight excluding hydrogens is 308 g/mol. The van der Waals surface area contributed by atoms with Crippen molar-refractivity contribution < 1.29 is 4.43 Å². The molecule has 0 N–H and O–H groups in total. The minimum atomic E-state index is -2.41. The lowest BCUT2D eigenvalue weighted by Crippen LogP contribution is -2.66. The zero-order valence-electron chi connectivity index (χ0n) is 15.3. The molecule has 2 rings (SSSR count). The van der Waals surface area contributed by atoms with Gasteiger partial charge in [0, 0.05) is 0 Å². The Kier molecular flexibility index (Phi) is 5.98. The average molecular weight is 337 g/mol. The molecule has 0 saturated carbocycles. The number of rotatable bonds is 6. The van der Waals surface area contributed by atoms with Crippen molar-refractivity contribution in [2.45, 2.75) is 32.7 Å². The molecule has 0 spiro atoms. The van der Waals surface area contributed by atoms with Crippen LogP contribution in [0.2, 0.25) is 5.04 Å². The molecule has 0 heterocycles. The molecule has 0 fully saturated rings. The molecule has 126 valence electrons. The van der Waals surface area contributed by atoms with Gasteiger partial charge < -0.3 is 4.43 Å². The van der Waals surface area contributed by atoms with Crippen LogP contribution in [0.4, 0.5) is 0 Å². The number of allylic oxidation sites excluding steroid dienone is 2. The molecule has 0 bridgehead atoms. The van der Waals surface area contributed by atoms with E-state index in [0.717, 1.165) is 5.57 Å². The third-order valence-electron chi connectivity index (χ3n) is 4.44. The summed E-state index contributed by atoms with van der Waals surface area (Å²) >= 11 is 0. The third kappa shape index (κ3) is 3.77. The van der Waals surface area contributed by atoms with E-state index in [2.05, 4.69) is 101 Å². The molecule has 0 aliphatic heterocycles. The highest BCUT2D eigenvalue weighted by atomic mass is 28.4. The van der Waals surface area contributed by atoms with Gasteiger partial charge in [0.15, 0.2) is 0 Å². The predicted molar refractivity (Wildman–Crippen MR) is 108 cm³/mol. The first kappa shape index (κ1) is 18.4. The molecule has 0 aliphatic rings. The Morgan fingerprint density at radius 1 is 0.958 bits per heavy atom. The number of benzene rings is 2. The van der Waals surface area contributed by atoms with Gasteiger partial charge in [-0.2, -0.15) is 0 Å². The first-order valence-electron chi connectivity index (χ1n) is 8.46. The summed E-state index contributed by atoms with van der Waals surface area (Å²) in [5.74, 6) is 0. The van der Waals surface area contributed by atoms with Crippen LogP contribution in [0.3, 0.4) is 0 Å². The molecule has 0 radical (unpaired) electrons. The molecule has 0 unspecified atom stereocenters. The summed E-state index contributed by atoms with van der Waals surface area (Å²) in [6.07, 6.45) is 3.99. The van der Waals surface area contributed by atoms with Gasteiger partial charge in [-0.25, -0.2) is 0 Å². The van der Waals surface area contributed by atoms with Crippen LogP contribution in [0, 0.1) is 0 Å². The molecule has 0 atom stereocenters. The van der Waals surface area contributed by atoms with Gasteiger partial charge in [0.25, 0.3) is 8.32 Å². The molecule has 2 aromatic rings. The highest BCUT2D eigenvalue weighted by Gasteiger charge is 2.49. The number of hydrogen-bond donors (Lipinski definition) is 0. The van der Waals surface area contributed by atoms with Gasteiger partial charge in [-0.3, -0.25) is 0 Å². The average Bonchev–Trinajstić information content (AvgIpc) is 2.59. The topological polar surface area (TPSA) is 9.23 Å². The van der Waals surface area contributed by atoms with Crippen molar-refractivity contribution in [1.82, 2.24) is 0 Å². The maximum absolute atomic E-state index is 6.75. The van der Waals surface area contributed by atoms with Crippen LogP contribution in [-0.2, 0) is 4.43 Å². The second-order valence-electron chi connectivity index (χ2n) is 7.13. The Bertz CT molecular complexity index is 641. The predicted octanol–water partition coefficient (Wildman–Crippen LogP) is 4.70. The van der Waals surface area contributed by atoms with E-state index in [1.54, 1.807) is 0 Å². The van der Waals surface area contributed by atoms with Gasteiger partial charge in [0.2, 0.25) is 0 Å². The van der Waals surface area contributed by atoms with Crippen molar-refractivity contribution in [3.63, 3.8) is 0 Å². The standard InChI is InChI=1S/C22H28OSi/c1-6-19(2)17-18-23-24(22(3,4)5,20-13-9-7-10-14-20)21-15-11-8-12-16-21/h6-17H,1,18H2,2-5H3. The molecule has 24 heavy (non-hydrogen) atoms. The van der Waals surface area contributed by atoms with Crippen LogP contribution >= 0.6 is 0 Å². The van der Waals surface area contributed by atoms with Crippen molar-refractivity contribution in [3.8, 4) is 0 Å². The maximum atomic E-state index is 6.75. The van der Waals surface area contributed by atoms with Crippen molar-refractivity contribution in [3.05, 3.63) is 85.0 Å². The zero-order valence-corrected chi connectivity index (χ0v) is 16.3. The minimum Gasteiger partial charge on any atom is -0.404 e. The van der Waals surface area contributed by atoms with E-state index in [4.69, 9.17) is 4.43 Å². The quantitative estimate of drug-likeness (QED) is 0.549. The largest absolute Gasteiger partial charge is 0.404 e. The second kappa shape index (κ2) is 7.78. The number of hydrogen-bond acceptors (Lipinski definition) is 1. The van der Waals surface area contributed by atoms with Gasteiger partial charge in [0.1, 0.15) is 0 Å². The fourth-order valence-corrected chi connectivity index (χ4v) is 7.63. The van der Waals surface area contributed by atoms with Crippen LogP contribution in [0.15, 0.2) is 85.0 Å². The minimum absolute atomic E-state index is 0.0195. The summed E-state index contributed by atoms with van der Waals surface area (Å²) in [6, 6.07) is 21.4. The molecule has 1 nitrogen and oxygen atoms in total. The monoisotopic (exact) mass is 336 g/mol. The van der Waals surface area contributed by atoms with Crippen LogP contribution in [0.5, 0.6) is 0 Å². The summed E-state index contributed by atoms with van der Waals surface area (Å²) < 4.78 is 6.75. The van der Waals surface area contributed by atoms with E-state index in [1.807, 2.05) is 6.08 Å². The Hall–Kier alpha value is -1.90. The highest BCUT2D eigenvalue weighted by molar-refractivity contribution is 6.99. The van der Waals surface area contributed by atoms with Crippen LogP contribution in [0.1, 0.15) is 27.7 Å². The molecule has 2 aromatic carbocycles. The fraction of sp³-hybridized carbons (Fsp3) is 0.273. The van der Waals surface area contributed by atoms with Gasteiger partial charge in [-0.05, 0) is 22.3 Å². The Balaban J connectivity index is 2.59. The Morgan fingerprint density at radius 2 is 1.42 bits per heavy atom. The highest BCUT2D eigenvalue weighted by Crippen LogP contribution is 2.36. The summed E-state index contributed by atoms with van der Waals surface area (Å²) in [5.41, 5.74) is 1.15. The first-order chi connectivity index (χ1) is 11.4. The van der Waals surface area contributed by atoms with Crippen LogP contribution < -0.4 is 10.4 Å². The lowest BCUT2D eigenvalue weighted by molar-refractivity contribution is 0.339. The summed E-state index contributed by atoms with van der Waals surface area (Å²) in [7, 11) is -2.41. The SMILES string of the molecule is C=CC(C)=CCO[Si](c1ccccc1)(c1ccccc1)C(C)(C)C. The van der Waals surface area contributed by atoms with E-state index in [1.165, 1.54) is 10.4 Å². The lowest BCUT2D eigenvalue weighted by atomic mass is 10.2. The van der Waals surface area contributed by atoms with Crippen molar-refractivity contribution >= 4 is 18.7 Å². The lowest BCUT2D eigenvalue weighted by Gasteiger charge is -2.42. The normalized spacial score (nSPS) is 12.9. The molecule has 2 heteroatoms. The molecular formula is C22H28OSi. The van der Waals surface area contributed by atoms with Crippen LogP contribution in [0.25, 0.3) is 0 Å². The van der Waals surface area contributed by atoms with E-state index >= 15 is 0 Å². The van der Waals surface area contributed by atoms with Gasteiger partial charge >= 0.3 is 0 Å². The maximum Gasteiger partial charge on any atom is 0.261 e. The van der Waals surface area contributed by atoms with Gasteiger partial charge in [-0.1, -0.05) is 106 Å². The van der Waals surface area contributed by atoms with Crippen molar-refractivity contribution in [2.24, 2.45) is 0 Å². The molecule has 0 aliphatic carbocycles. The van der Waals surface area contributed by atoms with Gasteiger partial charge in [-0.15, -0.1) is 0 Å². The van der Waals surface area contributed by atoms with E-state index < -0.39 is 8.32 Å². The molecule has 0 aromatic heterocycles.